The van der Waals surface area contributed by atoms with E-state index in [2.05, 4.69) is 10.2 Å². The highest BCUT2D eigenvalue weighted by Gasteiger charge is 2.18. The largest absolute Gasteiger partial charge is 0.365 e. The van der Waals surface area contributed by atoms with Crippen molar-refractivity contribution in [2.75, 3.05) is 23.3 Å². The molecule has 0 unspecified atom stereocenters. The number of nitro benzene ring substituents is 1. The second-order valence-corrected chi connectivity index (χ2v) is 8.13. The number of nitrogens with zero attached hydrogens (tertiary/aromatic N) is 4. The number of thiophene rings is 1. The average Bonchev–Trinajstić information content (AvgIpc) is 3.07. The molecule has 2 aromatic heterocycles. The van der Waals surface area contributed by atoms with Gasteiger partial charge in [0.15, 0.2) is 0 Å². The lowest BCUT2D eigenvalue weighted by Gasteiger charge is -2.27. The van der Waals surface area contributed by atoms with Gasteiger partial charge in [-0.2, -0.15) is 4.98 Å². The first-order valence-electron chi connectivity index (χ1n) is 8.79. The Balaban J connectivity index is 1.63. The Morgan fingerprint density at radius 3 is 2.81 bits per heavy atom. The van der Waals surface area contributed by atoms with E-state index in [4.69, 9.17) is 21.6 Å². The van der Waals surface area contributed by atoms with Crippen LogP contribution < -0.4 is 10.2 Å². The fraction of sp³-hybridized carbons (Fsp3) is 0.333. The molecular formula is C18H18ClN5O2S. The first kappa shape index (κ1) is 17.9. The number of halogens is 1. The monoisotopic (exact) mass is 403 g/mol. The summed E-state index contributed by atoms with van der Waals surface area (Å²) in [5.41, 5.74) is 0.895. The van der Waals surface area contributed by atoms with Gasteiger partial charge in [0.2, 0.25) is 5.95 Å². The molecule has 1 saturated heterocycles. The highest BCUT2D eigenvalue weighted by Crippen LogP contribution is 2.34. The summed E-state index contributed by atoms with van der Waals surface area (Å²) in [6.45, 7) is 2.34. The molecule has 7 nitrogen and oxygen atoms in total. The predicted molar refractivity (Wildman–Crippen MR) is 109 cm³/mol. The summed E-state index contributed by atoms with van der Waals surface area (Å²) in [5, 5.41) is 15.2. The second-order valence-electron chi connectivity index (χ2n) is 6.47. The molecule has 1 aliphatic rings. The minimum Gasteiger partial charge on any atom is -0.365 e. The van der Waals surface area contributed by atoms with Gasteiger partial charge < -0.3 is 10.2 Å². The third-order valence-electron chi connectivity index (χ3n) is 4.57. The third-order valence-corrected chi connectivity index (χ3v) is 5.73. The molecule has 4 rings (SSSR count). The zero-order valence-corrected chi connectivity index (χ0v) is 16.1. The zero-order chi connectivity index (χ0) is 18.8. The number of anilines is 2. The molecular weight excluding hydrogens is 386 g/mol. The zero-order valence-electron chi connectivity index (χ0n) is 14.5. The van der Waals surface area contributed by atoms with E-state index in [1.807, 2.05) is 12.1 Å². The molecule has 0 bridgehead atoms. The fourth-order valence-corrected chi connectivity index (χ4v) is 4.30. The normalized spacial score (nSPS) is 14.5. The summed E-state index contributed by atoms with van der Waals surface area (Å²) >= 11 is 7.63. The van der Waals surface area contributed by atoms with E-state index < -0.39 is 0 Å². The van der Waals surface area contributed by atoms with E-state index in [1.165, 1.54) is 23.8 Å². The summed E-state index contributed by atoms with van der Waals surface area (Å²) in [6, 6.07) is 8.45. The number of hydrogen-bond donors (Lipinski definition) is 1. The highest BCUT2D eigenvalue weighted by atomic mass is 35.5. The topological polar surface area (TPSA) is 84.2 Å². The van der Waals surface area contributed by atoms with Crippen molar-refractivity contribution in [3.8, 4) is 0 Å². The lowest BCUT2D eigenvalue weighted by Crippen LogP contribution is -2.31. The Kier molecular flexibility index (Phi) is 5.09. The Bertz CT molecular complexity index is 987. The molecule has 27 heavy (non-hydrogen) atoms. The van der Waals surface area contributed by atoms with Crippen molar-refractivity contribution in [2.45, 2.75) is 25.8 Å². The first-order chi connectivity index (χ1) is 13.1. The standard InChI is InChI=1S/C18H18ClN5O2S/c19-15-10-14-16(20-11-12-5-4-6-13(9-12)24(25)26)21-18(22-17(14)27-15)23-7-2-1-3-8-23/h4-6,9-10H,1-3,7-8,11H2,(H,20,21,22). The van der Waals surface area contributed by atoms with Crippen molar-refractivity contribution in [3.05, 3.63) is 50.3 Å². The highest BCUT2D eigenvalue weighted by molar-refractivity contribution is 7.22. The summed E-state index contributed by atoms with van der Waals surface area (Å²) < 4.78 is 0.661. The van der Waals surface area contributed by atoms with Crippen LogP contribution in [0.2, 0.25) is 4.34 Å². The first-order valence-corrected chi connectivity index (χ1v) is 9.99. The van der Waals surface area contributed by atoms with Gasteiger partial charge in [0.1, 0.15) is 10.6 Å². The van der Waals surface area contributed by atoms with E-state index in [0.29, 0.717) is 22.6 Å². The number of non-ortho nitro benzene ring substituents is 1. The Hall–Kier alpha value is -2.45. The van der Waals surface area contributed by atoms with Crippen LogP contribution in [-0.2, 0) is 6.54 Å². The third kappa shape index (κ3) is 3.96. The molecule has 0 atom stereocenters. The quantitative estimate of drug-likeness (QED) is 0.484. The van der Waals surface area contributed by atoms with Gasteiger partial charge >= 0.3 is 0 Å². The van der Waals surface area contributed by atoms with Gasteiger partial charge in [-0.1, -0.05) is 23.7 Å². The maximum Gasteiger partial charge on any atom is 0.269 e. The van der Waals surface area contributed by atoms with Crippen molar-refractivity contribution in [1.29, 1.82) is 0 Å². The van der Waals surface area contributed by atoms with E-state index in [0.717, 1.165) is 41.7 Å². The number of benzene rings is 1. The molecule has 140 valence electrons. The van der Waals surface area contributed by atoms with E-state index in [-0.39, 0.29) is 10.6 Å². The minimum atomic E-state index is -0.389. The number of rotatable bonds is 5. The Labute approximate surface area is 165 Å². The van der Waals surface area contributed by atoms with Crippen molar-refractivity contribution >= 4 is 50.6 Å². The SMILES string of the molecule is O=[N+]([O-])c1cccc(CNc2nc(N3CCCCC3)nc3sc(Cl)cc23)c1. The van der Waals surface area contributed by atoms with E-state index >= 15 is 0 Å². The number of nitrogens with one attached hydrogen (secondary N) is 1. The fourth-order valence-electron chi connectivity index (χ4n) is 3.22. The van der Waals surface area contributed by atoms with Crippen LogP contribution in [0.25, 0.3) is 10.2 Å². The summed E-state index contributed by atoms with van der Waals surface area (Å²) in [6.07, 6.45) is 3.52. The predicted octanol–water partition coefficient (Wildman–Crippen LogP) is 4.86. The van der Waals surface area contributed by atoms with Gasteiger partial charge in [0, 0.05) is 31.8 Å². The number of fused-ring (bicyclic) bond motifs is 1. The van der Waals surface area contributed by atoms with Crippen LogP contribution >= 0.6 is 22.9 Å². The number of nitro groups is 1. The molecule has 1 aromatic carbocycles. The van der Waals surface area contributed by atoms with Gasteiger partial charge in [0.25, 0.3) is 5.69 Å². The molecule has 1 N–H and O–H groups in total. The Morgan fingerprint density at radius 1 is 1.22 bits per heavy atom. The van der Waals surface area contributed by atoms with Crippen LogP contribution in [0.5, 0.6) is 0 Å². The maximum atomic E-state index is 11.0. The molecule has 0 spiro atoms. The molecule has 3 heterocycles. The molecule has 0 aliphatic carbocycles. The summed E-state index contributed by atoms with van der Waals surface area (Å²) in [7, 11) is 0. The van der Waals surface area contributed by atoms with Crippen LogP contribution in [0, 0.1) is 10.1 Å². The lowest BCUT2D eigenvalue weighted by molar-refractivity contribution is -0.384. The molecule has 1 aliphatic heterocycles. The van der Waals surface area contributed by atoms with Crippen LogP contribution in [-0.4, -0.2) is 28.0 Å². The van der Waals surface area contributed by atoms with Crippen LogP contribution in [0.3, 0.4) is 0 Å². The number of aromatic nitrogens is 2. The van der Waals surface area contributed by atoms with E-state index in [9.17, 15) is 10.1 Å². The van der Waals surface area contributed by atoms with Crippen LogP contribution in [0.15, 0.2) is 30.3 Å². The van der Waals surface area contributed by atoms with Crippen molar-refractivity contribution in [1.82, 2.24) is 9.97 Å². The average molecular weight is 404 g/mol. The molecule has 0 amide bonds. The van der Waals surface area contributed by atoms with E-state index in [1.54, 1.807) is 12.1 Å². The summed E-state index contributed by atoms with van der Waals surface area (Å²) in [4.78, 5) is 23.0. The van der Waals surface area contributed by atoms with Gasteiger partial charge in [-0.3, -0.25) is 10.1 Å². The molecule has 3 aromatic rings. The molecule has 9 heteroatoms. The molecule has 1 fully saturated rings. The summed E-state index contributed by atoms with van der Waals surface area (Å²) in [5.74, 6) is 1.41. The van der Waals surface area contributed by atoms with Gasteiger partial charge in [-0.05, 0) is 30.9 Å². The van der Waals surface area contributed by atoms with Crippen molar-refractivity contribution in [3.63, 3.8) is 0 Å². The van der Waals surface area contributed by atoms with Crippen molar-refractivity contribution < 1.29 is 4.92 Å². The number of piperidine rings is 1. The van der Waals surface area contributed by atoms with Gasteiger partial charge in [-0.25, -0.2) is 4.98 Å². The van der Waals surface area contributed by atoms with Crippen LogP contribution in [0.4, 0.5) is 17.5 Å². The second kappa shape index (κ2) is 7.66. The van der Waals surface area contributed by atoms with Gasteiger partial charge in [0.05, 0.1) is 14.6 Å². The number of hydrogen-bond acceptors (Lipinski definition) is 7. The minimum absolute atomic E-state index is 0.0784. The Morgan fingerprint density at radius 2 is 2.04 bits per heavy atom. The van der Waals surface area contributed by atoms with Gasteiger partial charge in [-0.15, -0.1) is 11.3 Å². The smallest absolute Gasteiger partial charge is 0.269 e. The molecule has 0 saturated carbocycles. The molecule has 0 radical (unpaired) electrons. The maximum absolute atomic E-state index is 11.0. The van der Waals surface area contributed by atoms with Crippen LogP contribution in [0.1, 0.15) is 24.8 Å². The van der Waals surface area contributed by atoms with Crippen molar-refractivity contribution in [2.24, 2.45) is 0 Å². The lowest BCUT2D eigenvalue weighted by atomic mass is 10.1.